The molecule has 0 bridgehead atoms. The largest absolute Gasteiger partial charge is 2.00 e. The molecule has 23 heteroatoms. The summed E-state index contributed by atoms with van der Waals surface area (Å²) in [7, 11) is -12.2. The van der Waals surface area contributed by atoms with Crippen molar-refractivity contribution >= 4 is 20.2 Å². The van der Waals surface area contributed by atoms with Gasteiger partial charge >= 0.3 is 30.5 Å². The SMILES string of the molecule is Cc1cc(C)n(Cn2nc(C)cc2C)n1.Cc1cc(C)n(Cn2nc(C)cc2C)n1.O=S(=O)([O-])C(F)(F)F.O=S(=O)([O-])C(F)(F)F.[Zn+2]. The molecule has 4 aromatic heterocycles. The number of rotatable bonds is 4. The van der Waals surface area contributed by atoms with E-state index < -0.39 is 31.3 Å². The number of alkyl halides is 6. The van der Waals surface area contributed by atoms with E-state index in [2.05, 4.69) is 72.4 Å². The van der Waals surface area contributed by atoms with Crippen molar-refractivity contribution in [3.05, 3.63) is 69.8 Å². The fourth-order valence-electron chi connectivity index (χ4n) is 3.53. The van der Waals surface area contributed by atoms with Crippen LogP contribution in [0.2, 0.25) is 0 Å². The van der Waals surface area contributed by atoms with Crippen molar-refractivity contribution < 1.29 is 71.8 Å². The fourth-order valence-corrected chi connectivity index (χ4v) is 3.53. The Labute approximate surface area is 280 Å². The summed E-state index contributed by atoms with van der Waals surface area (Å²) in [6.45, 7) is 17.7. The summed E-state index contributed by atoms with van der Waals surface area (Å²) in [5.74, 6) is 0. The van der Waals surface area contributed by atoms with Gasteiger partial charge in [0.25, 0.3) is 0 Å². The van der Waals surface area contributed by atoms with Crippen molar-refractivity contribution in [3.63, 3.8) is 0 Å². The van der Waals surface area contributed by atoms with Crippen LogP contribution in [-0.4, -0.2) is 76.1 Å². The van der Waals surface area contributed by atoms with Crippen LogP contribution in [0.3, 0.4) is 0 Å². The van der Waals surface area contributed by atoms with Crippen LogP contribution in [0.4, 0.5) is 26.3 Å². The van der Waals surface area contributed by atoms with E-state index in [9.17, 15) is 26.3 Å². The Bertz CT molecular complexity index is 1610. The van der Waals surface area contributed by atoms with Gasteiger partial charge in [0.2, 0.25) is 0 Å². The van der Waals surface area contributed by atoms with Crippen molar-refractivity contribution in [2.45, 2.75) is 79.7 Å². The summed E-state index contributed by atoms with van der Waals surface area (Å²) >= 11 is 0. The molecule has 0 atom stereocenters. The van der Waals surface area contributed by atoms with Gasteiger partial charge in [0.05, 0.1) is 22.8 Å². The van der Waals surface area contributed by atoms with Gasteiger partial charge in [-0.15, -0.1) is 0 Å². The van der Waals surface area contributed by atoms with Gasteiger partial charge in [0.1, 0.15) is 13.3 Å². The van der Waals surface area contributed by atoms with Crippen LogP contribution in [0.1, 0.15) is 45.6 Å². The van der Waals surface area contributed by atoms with Crippen LogP contribution in [-0.2, 0) is 53.1 Å². The number of halogens is 6. The monoisotopic (exact) mass is 770 g/mol. The van der Waals surface area contributed by atoms with Gasteiger partial charge in [-0.2, -0.15) is 46.7 Å². The second-order valence-corrected chi connectivity index (χ2v) is 12.5. The number of hydrogen-bond acceptors (Lipinski definition) is 10. The summed E-state index contributed by atoms with van der Waals surface area (Å²) in [5.41, 5.74) is -2.42. The molecule has 0 saturated heterocycles. The van der Waals surface area contributed by atoms with Crippen LogP contribution in [0.15, 0.2) is 24.3 Å². The Hall–Kier alpha value is -3.14. The number of hydrogen-bond donors (Lipinski definition) is 0. The molecule has 0 unspecified atom stereocenters. The van der Waals surface area contributed by atoms with Gasteiger partial charge in [0.15, 0.2) is 20.2 Å². The molecule has 0 N–H and O–H groups in total. The van der Waals surface area contributed by atoms with Crippen LogP contribution >= 0.6 is 0 Å². The molecule has 0 spiro atoms. The van der Waals surface area contributed by atoms with Gasteiger partial charge in [-0.3, -0.25) is 0 Å². The van der Waals surface area contributed by atoms with E-state index in [1.165, 1.54) is 22.8 Å². The smallest absolute Gasteiger partial charge is 0.741 e. The molecule has 4 heterocycles. The molecule has 4 aromatic rings. The summed E-state index contributed by atoms with van der Waals surface area (Å²) in [4.78, 5) is 0. The van der Waals surface area contributed by atoms with E-state index in [-0.39, 0.29) is 19.5 Å². The summed E-state index contributed by atoms with van der Waals surface area (Å²) in [6.07, 6.45) is 0. The molecule has 0 fully saturated rings. The third-order valence-corrected chi connectivity index (χ3v) is 6.65. The molecular weight excluding hydrogens is 740 g/mol. The number of aromatic nitrogens is 8. The first kappa shape index (κ1) is 43.9. The van der Waals surface area contributed by atoms with E-state index in [0.29, 0.717) is 13.3 Å². The van der Waals surface area contributed by atoms with Crippen molar-refractivity contribution in [1.29, 1.82) is 0 Å². The zero-order valence-electron chi connectivity index (χ0n) is 26.5. The molecule has 260 valence electrons. The minimum atomic E-state index is -6.09. The molecule has 4 rings (SSSR count). The van der Waals surface area contributed by atoms with Crippen molar-refractivity contribution in [1.82, 2.24) is 39.1 Å². The van der Waals surface area contributed by atoms with E-state index >= 15 is 0 Å². The minimum Gasteiger partial charge on any atom is -0.741 e. The molecule has 0 aliphatic carbocycles. The molecule has 0 amide bonds. The Morgan fingerprint density at radius 1 is 0.511 bits per heavy atom. The van der Waals surface area contributed by atoms with Gasteiger partial charge in [0, 0.05) is 22.8 Å². The normalized spacial score (nSPS) is 11.7. The van der Waals surface area contributed by atoms with E-state index in [1.54, 1.807) is 0 Å². The maximum Gasteiger partial charge on any atom is 2.00 e. The topological polar surface area (TPSA) is 186 Å². The van der Waals surface area contributed by atoms with Crippen molar-refractivity contribution in [2.75, 3.05) is 0 Å². The second kappa shape index (κ2) is 16.8. The van der Waals surface area contributed by atoms with Gasteiger partial charge in [-0.05, 0) is 79.7 Å². The van der Waals surface area contributed by atoms with Crippen molar-refractivity contribution in [2.24, 2.45) is 0 Å². The predicted molar refractivity (Wildman–Crippen MR) is 149 cm³/mol. The van der Waals surface area contributed by atoms with Crippen LogP contribution in [0.5, 0.6) is 0 Å². The maximum absolute atomic E-state index is 10.7. The maximum atomic E-state index is 10.7. The molecule has 14 nitrogen and oxygen atoms in total. The van der Waals surface area contributed by atoms with Gasteiger partial charge in [-0.25, -0.2) is 35.6 Å². The molecule has 0 aliphatic rings. The second-order valence-electron chi connectivity index (χ2n) is 9.79. The van der Waals surface area contributed by atoms with E-state index in [1.807, 2.05) is 46.4 Å². The first-order chi connectivity index (χ1) is 20.6. The fraction of sp³-hybridized carbons (Fsp3) is 0.500. The minimum absolute atomic E-state index is 0. The number of aryl methyl sites for hydroxylation is 8. The third-order valence-electron chi connectivity index (χ3n) is 5.52. The molecular formula is C24H32F6N8O6S2Zn. The summed E-state index contributed by atoms with van der Waals surface area (Å²) in [6, 6.07) is 8.30. The third kappa shape index (κ3) is 14.3. The Kier molecular flexibility index (Phi) is 15.7. The Morgan fingerprint density at radius 2 is 0.660 bits per heavy atom. The van der Waals surface area contributed by atoms with Crippen LogP contribution in [0, 0.1) is 55.4 Å². The van der Waals surface area contributed by atoms with E-state index in [0.717, 1.165) is 22.8 Å². The Morgan fingerprint density at radius 3 is 0.745 bits per heavy atom. The summed E-state index contributed by atoms with van der Waals surface area (Å²) in [5, 5.41) is 17.6. The van der Waals surface area contributed by atoms with Crippen LogP contribution < -0.4 is 0 Å². The molecule has 0 radical (unpaired) electrons. The Balaban J connectivity index is 0.000000625. The van der Waals surface area contributed by atoms with Gasteiger partial charge < -0.3 is 9.11 Å². The molecule has 47 heavy (non-hydrogen) atoms. The predicted octanol–water partition coefficient (Wildman–Crippen LogP) is 3.74. The quantitative estimate of drug-likeness (QED) is 0.128. The van der Waals surface area contributed by atoms with Gasteiger partial charge in [-0.1, -0.05) is 0 Å². The first-order valence-corrected chi connectivity index (χ1v) is 15.5. The average molecular weight is 772 g/mol. The number of nitrogens with zero attached hydrogens (tertiary/aromatic N) is 8. The zero-order chi connectivity index (χ0) is 36.0. The molecule has 0 aliphatic heterocycles. The van der Waals surface area contributed by atoms with Crippen molar-refractivity contribution in [3.8, 4) is 0 Å². The first-order valence-electron chi connectivity index (χ1n) is 12.7. The van der Waals surface area contributed by atoms with Crippen LogP contribution in [0.25, 0.3) is 0 Å². The zero-order valence-corrected chi connectivity index (χ0v) is 31.1. The molecule has 0 aromatic carbocycles. The summed E-state index contributed by atoms with van der Waals surface area (Å²) < 4.78 is 126. The molecule has 0 saturated carbocycles. The van der Waals surface area contributed by atoms with E-state index in [4.69, 9.17) is 25.9 Å². The standard InChI is InChI=1S/2C11H16N4.2CHF3O3S.Zn/c2*1-8-5-10(3)14(12-8)7-15-11(4)6-9(2)13-15;2*2-1(3,4)8(5,6)7;/h2*5-6H,7H2,1-4H3;2*(H,5,6,7);/q;;;;+2/p-2. The average Bonchev–Trinajstić information content (AvgIpc) is 3.54.